The minimum absolute atomic E-state index is 0.0534. The van der Waals surface area contributed by atoms with Crippen molar-refractivity contribution in [2.24, 2.45) is 52.3 Å². The fraction of sp³-hybridized carbons (Fsp3) is 0.804. The summed E-state index contributed by atoms with van der Waals surface area (Å²) in [4.78, 5) is 12.8. The predicted molar refractivity (Wildman–Crippen MR) is 207 cm³/mol. The standard InChI is InChI=1S/C46H76O2/c1-8-9-10-11-12-13-14-15-16-17-18-19-20-21-22-23-44(47)48-39-30-32-45(6)38(34-39)26-27-40-42-29-28-41(46(42,7)33-31-43(40)45)37(5)25-24-36(4)35(2)3/h12-13,15-16,24-25,27,35-39,41-43H,8-11,14,17-23,26,28-34H2,1-7H3/b13-12-,16-15-,25-24+/t36-,37+,38?,39-,41+,42-,43-,45-,46+/m0/s1. The first kappa shape index (κ1) is 39.2. The Morgan fingerprint density at radius 1 is 0.812 bits per heavy atom. The fourth-order valence-corrected chi connectivity index (χ4v) is 10.5. The molecule has 0 aromatic rings. The van der Waals surface area contributed by atoms with Gasteiger partial charge < -0.3 is 4.74 Å². The number of hydrogen-bond acceptors (Lipinski definition) is 2. The van der Waals surface area contributed by atoms with Crippen molar-refractivity contribution in [3.05, 3.63) is 48.1 Å². The van der Waals surface area contributed by atoms with E-state index in [2.05, 4.69) is 91.0 Å². The van der Waals surface area contributed by atoms with Crippen LogP contribution in [0.1, 0.15) is 177 Å². The highest BCUT2D eigenvalue weighted by Crippen LogP contribution is 2.67. The summed E-state index contributed by atoms with van der Waals surface area (Å²) in [5, 5.41) is 0. The van der Waals surface area contributed by atoms with Gasteiger partial charge in [-0.15, -0.1) is 0 Å². The van der Waals surface area contributed by atoms with Gasteiger partial charge >= 0.3 is 5.97 Å². The van der Waals surface area contributed by atoms with E-state index in [0.717, 1.165) is 49.9 Å². The van der Waals surface area contributed by atoms with Crippen LogP contribution in [0.4, 0.5) is 0 Å². The van der Waals surface area contributed by atoms with Crippen LogP contribution in [-0.4, -0.2) is 12.1 Å². The Morgan fingerprint density at radius 2 is 1.48 bits per heavy atom. The molecular weight excluding hydrogens is 585 g/mol. The Morgan fingerprint density at radius 3 is 2.21 bits per heavy atom. The SMILES string of the molecule is CCCCC/C=C\C/C=C\CCCCCCCC(=O)O[C@H]1CC[C@@]2(C)C(CC=C3[C@@H]4CC[C@H]([C@H](C)/C=C/[C@H](C)C(C)C)[C@@]4(C)CC[C@@H]32)C1. The van der Waals surface area contributed by atoms with Crippen molar-refractivity contribution < 1.29 is 9.53 Å². The van der Waals surface area contributed by atoms with Crippen molar-refractivity contribution in [2.75, 3.05) is 0 Å². The van der Waals surface area contributed by atoms with Crippen LogP contribution in [0, 0.1) is 52.3 Å². The third-order valence-corrected chi connectivity index (χ3v) is 14.1. The third kappa shape index (κ3) is 10.2. The van der Waals surface area contributed by atoms with Crippen LogP contribution in [0.15, 0.2) is 48.1 Å². The van der Waals surface area contributed by atoms with Gasteiger partial charge in [0.05, 0.1) is 0 Å². The van der Waals surface area contributed by atoms with E-state index in [0.29, 0.717) is 40.9 Å². The van der Waals surface area contributed by atoms with E-state index in [4.69, 9.17) is 4.74 Å². The summed E-state index contributed by atoms with van der Waals surface area (Å²) in [7, 11) is 0. The molecular formula is C46H76O2. The molecule has 3 fully saturated rings. The number of ether oxygens (including phenoxy) is 1. The number of allylic oxidation sites excluding steroid dienone is 8. The van der Waals surface area contributed by atoms with Crippen LogP contribution in [0.5, 0.6) is 0 Å². The first-order chi connectivity index (χ1) is 23.1. The molecule has 3 saturated carbocycles. The highest BCUT2D eigenvalue weighted by Gasteiger charge is 2.58. The zero-order chi connectivity index (χ0) is 34.6. The summed E-state index contributed by atoms with van der Waals surface area (Å²) in [6.45, 7) is 17.1. The van der Waals surface area contributed by atoms with Crippen molar-refractivity contribution in [1.29, 1.82) is 0 Å². The maximum absolute atomic E-state index is 12.8. The highest BCUT2D eigenvalue weighted by molar-refractivity contribution is 5.69. The molecule has 0 bridgehead atoms. The van der Waals surface area contributed by atoms with Crippen molar-refractivity contribution in [3.8, 4) is 0 Å². The monoisotopic (exact) mass is 661 g/mol. The minimum atomic E-state index is 0.0534. The topological polar surface area (TPSA) is 26.3 Å². The summed E-state index contributed by atoms with van der Waals surface area (Å²) < 4.78 is 6.14. The maximum Gasteiger partial charge on any atom is 0.306 e. The van der Waals surface area contributed by atoms with Crippen LogP contribution in [-0.2, 0) is 9.53 Å². The molecule has 0 N–H and O–H groups in total. The molecule has 1 unspecified atom stereocenters. The van der Waals surface area contributed by atoms with Crippen molar-refractivity contribution in [3.63, 3.8) is 0 Å². The molecule has 2 heteroatoms. The van der Waals surface area contributed by atoms with Gasteiger partial charge in [0.25, 0.3) is 0 Å². The lowest BCUT2D eigenvalue weighted by Crippen LogP contribution is -2.50. The second-order valence-electron chi connectivity index (χ2n) is 17.7. The predicted octanol–water partition coefficient (Wildman–Crippen LogP) is 13.8. The lowest BCUT2D eigenvalue weighted by atomic mass is 9.47. The van der Waals surface area contributed by atoms with Gasteiger partial charge in [-0.25, -0.2) is 0 Å². The van der Waals surface area contributed by atoms with Crippen LogP contribution in [0.25, 0.3) is 0 Å². The third-order valence-electron chi connectivity index (χ3n) is 14.1. The molecule has 2 nitrogen and oxygen atoms in total. The molecule has 0 aromatic carbocycles. The van der Waals surface area contributed by atoms with Gasteiger partial charge in [-0.2, -0.15) is 0 Å². The molecule has 48 heavy (non-hydrogen) atoms. The van der Waals surface area contributed by atoms with Crippen molar-refractivity contribution in [2.45, 2.75) is 183 Å². The molecule has 0 heterocycles. The Bertz CT molecular complexity index is 1090. The van der Waals surface area contributed by atoms with E-state index < -0.39 is 0 Å². The molecule has 0 radical (unpaired) electrons. The van der Waals surface area contributed by atoms with Crippen LogP contribution in [0.3, 0.4) is 0 Å². The maximum atomic E-state index is 12.8. The van der Waals surface area contributed by atoms with Gasteiger partial charge in [0.1, 0.15) is 6.10 Å². The molecule has 0 aromatic heterocycles. The Hall–Kier alpha value is -1.57. The van der Waals surface area contributed by atoms with Gasteiger partial charge in [-0.05, 0) is 142 Å². The summed E-state index contributed by atoms with van der Waals surface area (Å²) in [6, 6.07) is 0. The largest absolute Gasteiger partial charge is 0.462 e. The molecule has 272 valence electrons. The van der Waals surface area contributed by atoms with Crippen LogP contribution < -0.4 is 0 Å². The molecule has 4 aliphatic rings. The zero-order valence-electron chi connectivity index (χ0n) is 32.6. The lowest BCUT2D eigenvalue weighted by molar-refractivity contribution is -0.155. The minimum Gasteiger partial charge on any atom is -0.462 e. The molecule has 4 rings (SSSR count). The van der Waals surface area contributed by atoms with E-state index in [-0.39, 0.29) is 12.1 Å². The van der Waals surface area contributed by atoms with Crippen LogP contribution >= 0.6 is 0 Å². The normalized spacial score (nSPS) is 33.2. The second-order valence-corrected chi connectivity index (χ2v) is 17.7. The number of fused-ring (bicyclic) bond motifs is 5. The Labute approximate surface area is 298 Å². The van der Waals surface area contributed by atoms with E-state index in [9.17, 15) is 4.79 Å². The lowest BCUT2D eigenvalue weighted by Gasteiger charge is -2.58. The van der Waals surface area contributed by atoms with Gasteiger partial charge in [-0.3, -0.25) is 4.79 Å². The highest BCUT2D eigenvalue weighted by atomic mass is 16.5. The first-order valence-corrected chi connectivity index (χ1v) is 21.0. The average molecular weight is 661 g/mol. The van der Waals surface area contributed by atoms with Crippen LogP contribution in [0.2, 0.25) is 0 Å². The van der Waals surface area contributed by atoms with E-state index in [1.165, 1.54) is 89.9 Å². The summed E-state index contributed by atoms with van der Waals surface area (Å²) in [5.74, 6) is 5.07. The van der Waals surface area contributed by atoms with Gasteiger partial charge in [-0.1, -0.05) is 129 Å². The summed E-state index contributed by atoms with van der Waals surface area (Å²) >= 11 is 0. The summed E-state index contributed by atoms with van der Waals surface area (Å²) in [5.41, 5.74) is 2.67. The van der Waals surface area contributed by atoms with Crippen molar-refractivity contribution in [1.82, 2.24) is 0 Å². The van der Waals surface area contributed by atoms with E-state index >= 15 is 0 Å². The Kier molecular flexibility index (Phi) is 15.6. The van der Waals surface area contributed by atoms with Crippen molar-refractivity contribution >= 4 is 5.97 Å². The number of hydrogen-bond donors (Lipinski definition) is 0. The van der Waals surface area contributed by atoms with Gasteiger partial charge in [0.15, 0.2) is 0 Å². The quantitative estimate of drug-likeness (QED) is 0.0783. The number of carbonyl (C=O) groups excluding carboxylic acids is 1. The zero-order valence-corrected chi connectivity index (χ0v) is 32.6. The second kappa shape index (κ2) is 19.2. The molecule has 0 saturated heterocycles. The fourth-order valence-electron chi connectivity index (χ4n) is 10.5. The molecule has 0 amide bonds. The Balaban J connectivity index is 1.15. The number of unbranched alkanes of at least 4 members (excludes halogenated alkanes) is 8. The number of carbonyl (C=O) groups is 1. The molecule has 0 spiro atoms. The first-order valence-electron chi connectivity index (χ1n) is 21.0. The van der Waals surface area contributed by atoms with E-state index in [1.807, 2.05) is 5.57 Å². The summed E-state index contributed by atoms with van der Waals surface area (Å²) in [6.07, 6.45) is 41.2. The van der Waals surface area contributed by atoms with Gasteiger partial charge in [0.2, 0.25) is 0 Å². The molecule has 0 aliphatic heterocycles. The average Bonchev–Trinajstić information content (AvgIpc) is 3.42. The number of rotatable bonds is 19. The van der Waals surface area contributed by atoms with E-state index in [1.54, 1.807) is 0 Å². The molecule has 9 atom stereocenters. The van der Waals surface area contributed by atoms with Gasteiger partial charge in [0, 0.05) is 6.42 Å². The smallest absolute Gasteiger partial charge is 0.306 e. The molecule has 4 aliphatic carbocycles. The number of esters is 1.